The first-order chi connectivity index (χ1) is 7.24. The Kier molecular flexibility index (Phi) is 11.3. The maximum atomic E-state index is 11.6. The van der Waals surface area contributed by atoms with Crippen LogP contribution in [0.25, 0.3) is 0 Å². The molecule has 2 unspecified atom stereocenters. The van der Waals surface area contributed by atoms with Crippen LogP contribution in [0.2, 0.25) is 0 Å². The van der Waals surface area contributed by atoms with E-state index in [0.717, 1.165) is 24.3 Å². The highest BCUT2D eigenvalue weighted by atomic mass is 32.2. The molecule has 0 spiro atoms. The van der Waals surface area contributed by atoms with E-state index in [0.29, 0.717) is 5.75 Å². The lowest BCUT2D eigenvalue weighted by Gasteiger charge is -2.12. The molecular weight excluding hydrogens is 228 g/mol. The third-order valence-corrected chi connectivity index (χ3v) is 5.19. The van der Waals surface area contributed by atoms with Crippen LogP contribution in [0.1, 0.15) is 39.5 Å². The van der Waals surface area contributed by atoms with Crippen molar-refractivity contribution in [3.8, 4) is 0 Å². The molecule has 15 heavy (non-hydrogen) atoms. The molecule has 0 saturated carbocycles. The maximum absolute atomic E-state index is 11.6. The van der Waals surface area contributed by atoms with Crippen LogP contribution in [0, 0.1) is 0 Å². The molecule has 0 aliphatic carbocycles. The molecule has 0 aromatic heterocycles. The molecule has 0 heterocycles. The quantitative estimate of drug-likeness (QED) is 0.607. The van der Waals surface area contributed by atoms with Crippen molar-refractivity contribution in [2.45, 2.75) is 44.8 Å². The first kappa shape index (κ1) is 15.5. The van der Waals surface area contributed by atoms with Crippen molar-refractivity contribution in [2.24, 2.45) is 0 Å². The van der Waals surface area contributed by atoms with Gasteiger partial charge in [0.25, 0.3) is 0 Å². The van der Waals surface area contributed by atoms with Crippen molar-refractivity contribution < 1.29 is 9.32 Å². The maximum Gasteiger partial charge on any atom is 0.0558 e. The molecule has 0 aromatic carbocycles. The Morgan fingerprint density at radius 1 is 1.27 bits per heavy atom. The number of unbranched alkanes of at least 4 members (excludes halogenated alkanes) is 2. The predicted molar refractivity (Wildman–Crippen MR) is 71.0 cm³/mol. The highest BCUT2D eigenvalue weighted by Crippen LogP contribution is 2.14. The number of thioether (sulfide) groups is 1. The van der Waals surface area contributed by atoms with Gasteiger partial charge >= 0.3 is 0 Å². The number of hydrogen-bond donors (Lipinski definition) is 1. The normalized spacial score (nSPS) is 15.1. The lowest BCUT2D eigenvalue weighted by Crippen LogP contribution is -2.20. The molecule has 4 heteroatoms. The van der Waals surface area contributed by atoms with Gasteiger partial charge in [-0.1, -0.05) is 26.7 Å². The van der Waals surface area contributed by atoms with Crippen LogP contribution < -0.4 is 0 Å². The van der Waals surface area contributed by atoms with Gasteiger partial charge in [0.05, 0.1) is 6.61 Å². The molecular formula is C11H24O2S2. The highest BCUT2D eigenvalue weighted by molar-refractivity contribution is 8.00. The van der Waals surface area contributed by atoms with Gasteiger partial charge in [0, 0.05) is 27.6 Å². The van der Waals surface area contributed by atoms with Crippen molar-refractivity contribution in [1.82, 2.24) is 0 Å². The van der Waals surface area contributed by atoms with E-state index in [1.165, 1.54) is 12.8 Å². The molecule has 1 N–H and O–H groups in total. The predicted octanol–water partition coefficient (Wildman–Crippen LogP) is 2.43. The number of rotatable bonds is 10. The Labute approximate surface area is 101 Å². The SMILES string of the molecule is CCCCSC(CO)CS(=O)CCCC. The molecule has 2 atom stereocenters. The molecule has 0 amide bonds. The van der Waals surface area contributed by atoms with E-state index in [2.05, 4.69) is 13.8 Å². The van der Waals surface area contributed by atoms with Crippen molar-refractivity contribution in [3.05, 3.63) is 0 Å². The van der Waals surface area contributed by atoms with Crippen molar-refractivity contribution in [1.29, 1.82) is 0 Å². The van der Waals surface area contributed by atoms with Gasteiger partial charge in [0.2, 0.25) is 0 Å². The fourth-order valence-electron chi connectivity index (χ4n) is 1.14. The molecule has 0 aliphatic rings. The third kappa shape index (κ3) is 9.39. The smallest absolute Gasteiger partial charge is 0.0558 e. The summed E-state index contributed by atoms with van der Waals surface area (Å²) < 4.78 is 11.6. The second-order valence-corrected chi connectivity index (χ2v) is 6.72. The van der Waals surface area contributed by atoms with E-state index >= 15 is 0 Å². The fourth-order valence-corrected chi connectivity index (χ4v) is 4.18. The molecule has 0 aliphatic heterocycles. The minimum atomic E-state index is -0.736. The van der Waals surface area contributed by atoms with Crippen LogP contribution in [0.5, 0.6) is 0 Å². The Hall–Kier alpha value is 0.460. The molecule has 0 saturated heterocycles. The largest absolute Gasteiger partial charge is 0.395 e. The molecule has 0 fully saturated rings. The summed E-state index contributed by atoms with van der Waals surface area (Å²) in [6.07, 6.45) is 4.50. The number of aliphatic hydroxyl groups is 1. The molecule has 0 radical (unpaired) electrons. The van der Waals surface area contributed by atoms with Gasteiger partial charge in [-0.05, 0) is 18.6 Å². The number of hydrogen-bond acceptors (Lipinski definition) is 3. The van der Waals surface area contributed by atoms with Gasteiger partial charge in [-0.25, -0.2) is 0 Å². The summed E-state index contributed by atoms with van der Waals surface area (Å²) in [6.45, 7) is 4.43. The standard InChI is InChI=1S/C11H24O2S2/c1-3-5-7-14-11(9-12)10-15(13)8-6-4-2/h11-12H,3-10H2,1-2H3. The van der Waals surface area contributed by atoms with Gasteiger partial charge in [0.15, 0.2) is 0 Å². The second kappa shape index (κ2) is 11.0. The van der Waals surface area contributed by atoms with E-state index in [4.69, 9.17) is 5.11 Å². The number of aliphatic hydroxyl groups excluding tert-OH is 1. The summed E-state index contributed by atoms with van der Waals surface area (Å²) in [7, 11) is -0.736. The Balaban J connectivity index is 3.62. The van der Waals surface area contributed by atoms with E-state index in [1.807, 2.05) is 0 Å². The summed E-state index contributed by atoms with van der Waals surface area (Å²) in [5.74, 6) is 2.53. The monoisotopic (exact) mass is 252 g/mol. The van der Waals surface area contributed by atoms with Crippen LogP contribution in [-0.4, -0.2) is 38.4 Å². The van der Waals surface area contributed by atoms with Gasteiger partial charge < -0.3 is 5.11 Å². The van der Waals surface area contributed by atoms with Crippen LogP contribution >= 0.6 is 11.8 Å². The lowest BCUT2D eigenvalue weighted by atomic mass is 10.4. The third-order valence-electron chi connectivity index (χ3n) is 2.15. The zero-order valence-corrected chi connectivity index (χ0v) is 11.5. The minimum absolute atomic E-state index is 0.159. The Morgan fingerprint density at radius 2 is 1.93 bits per heavy atom. The summed E-state index contributed by atoms with van der Waals surface area (Å²) in [5.41, 5.74) is 0. The summed E-state index contributed by atoms with van der Waals surface area (Å²) in [5, 5.41) is 9.32. The molecule has 2 nitrogen and oxygen atoms in total. The van der Waals surface area contributed by atoms with E-state index in [1.54, 1.807) is 11.8 Å². The van der Waals surface area contributed by atoms with E-state index in [-0.39, 0.29) is 11.9 Å². The van der Waals surface area contributed by atoms with E-state index < -0.39 is 10.8 Å². The summed E-state index contributed by atoms with van der Waals surface area (Å²) >= 11 is 1.76. The van der Waals surface area contributed by atoms with Crippen LogP contribution in [0.15, 0.2) is 0 Å². The molecule has 92 valence electrons. The van der Waals surface area contributed by atoms with Gasteiger partial charge in [0.1, 0.15) is 0 Å². The zero-order chi connectivity index (χ0) is 11.5. The molecule has 0 aromatic rings. The fraction of sp³-hybridized carbons (Fsp3) is 1.00. The van der Waals surface area contributed by atoms with Gasteiger partial charge in [-0.15, -0.1) is 0 Å². The molecule has 0 rings (SSSR count). The average molecular weight is 252 g/mol. The summed E-state index contributed by atoms with van der Waals surface area (Å²) in [4.78, 5) is 0. The summed E-state index contributed by atoms with van der Waals surface area (Å²) in [6, 6.07) is 0. The van der Waals surface area contributed by atoms with Crippen molar-refractivity contribution >= 4 is 22.6 Å². The van der Waals surface area contributed by atoms with Crippen molar-refractivity contribution in [3.63, 3.8) is 0 Å². The lowest BCUT2D eigenvalue weighted by molar-refractivity contribution is 0.301. The van der Waals surface area contributed by atoms with Gasteiger partial charge in [-0.2, -0.15) is 11.8 Å². The van der Waals surface area contributed by atoms with Crippen LogP contribution in [0.4, 0.5) is 0 Å². The minimum Gasteiger partial charge on any atom is -0.395 e. The second-order valence-electron chi connectivity index (χ2n) is 3.69. The first-order valence-electron chi connectivity index (χ1n) is 5.82. The van der Waals surface area contributed by atoms with Gasteiger partial charge in [-0.3, -0.25) is 4.21 Å². The van der Waals surface area contributed by atoms with Crippen LogP contribution in [0.3, 0.4) is 0 Å². The van der Waals surface area contributed by atoms with Crippen LogP contribution in [-0.2, 0) is 10.8 Å². The van der Waals surface area contributed by atoms with E-state index in [9.17, 15) is 4.21 Å². The first-order valence-corrected chi connectivity index (χ1v) is 8.35. The molecule has 0 bridgehead atoms. The highest BCUT2D eigenvalue weighted by Gasteiger charge is 2.11. The topological polar surface area (TPSA) is 37.3 Å². The Bertz CT molecular complexity index is 163. The Morgan fingerprint density at radius 3 is 2.47 bits per heavy atom. The average Bonchev–Trinajstić information content (AvgIpc) is 2.25. The zero-order valence-electron chi connectivity index (χ0n) is 9.91. The van der Waals surface area contributed by atoms with Crippen molar-refractivity contribution in [2.75, 3.05) is 23.9 Å².